The quantitative estimate of drug-likeness (QED) is 0.123. The lowest BCUT2D eigenvalue weighted by atomic mass is 9.85. The average molecular weight is 925 g/mol. The molecule has 8 rings (SSSR count). The van der Waals surface area contributed by atoms with Gasteiger partial charge in [0.1, 0.15) is 58.7 Å². The first-order valence-corrected chi connectivity index (χ1v) is 24.0. The number of halogens is 1. The molecule has 16 nitrogen and oxygen atoms in total. The molecular weight excluding hydrogens is 862 g/mol. The summed E-state index contributed by atoms with van der Waals surface area (Å²) in [5, 5.41) is 22.8. The highest BCUT2D eigenvalue weighted by Crippen LogP contribution is 2.57. The third-order valence-electron chi connectivity index (χ3n) is 13.7. The van der Waals surface area contributed by atoms with Crippen LogP contribution < -0.4 is 25.4 Å². The van der Waals surface area contributed by atoms with Crippen molar-refractivity contribution in [1.82, 2.24) is 30.4 Å². The Morgan fingerprint density at radius 1 is 1.05 bits per heavy atom. The Bertz CT molecular complexity index is 2240. The number of benzene rings is 1. The second-order valence-corrected chi connectivity index (χ2v) is 20.8. The van der Waals surface area contributed by atoms with E-state index in [9.17, 15) is 24.3 Å². The molecule has 2 saturated heterocycles. The number of alkyl carbamates (subject to hydrolysis) is 1. The van der Waals surface area contributed by atoms with Crippen LogP contribution in [0.4, 0.5) is 9.93 Å². The fourth-order valence-electron chi connectivity index (χ4n) is 9.84. The van der Waals surface area contributed by atoms with Crippen molar-refractivity contribution < 1.29 is 43.2 Å². The SMILES string of the molecule is CC[C@@H]1C[C@]1(NC(=O)[C@@H]1C[C@@H](Oc2cc(-c3csc(NC(C)C)n3)nc3c(Cl)c(OCCN4CCOCC4)ccc23)CN1C(=O)[C@@H](NC(=O)OC1CC2C(C)C2C1)C(C)(C)C)C(=O)O. The first kappa shape index (κ1) is 46.1. The lowest BCUT2D eigenvalue weighted by Gasteiger charge is -2.35. The molecule has 0 bridgehead atoms. The summed E-state index contributed by atoms with van der Waals surface area (Å²) in [6.07, 6.45) is 0.892. The van der Waals surface area contributed by atoms with Gasteiger partial charge in [0.05, 0.1) is 31.0 Å². The van der Waals surface area contributed by atoms with Gasteiger partial charge in [-0.2, -0.15) is 0 Å². The molecule has 2 aromatic heterocycles. The molecule has 7 atom stereocenters. The van der Waals surface area contributed by atoms with E-state index in [1.165, 1.54) is 16.2 Å². The third kappa shape index (κ3) is 9.73. The summed E-state index contributed by atoms with van der Waals surface area (Å²) in [7, 11) is 0. The summed E-state index contributed by atoms with van der Waals surface area (Å²) in [4.78, 5) is 68.7. The molecule has 1 aromatic carbocycles. The highest BCUT2D eigenvalue weighted by atomic mass is 35.5. The maximum absolute atomic E-state index is 14.9. The second kappa shape index (κ2) is 18.4. The summed E-state index contributed by atoms with van der Waals surface area (Å²) in [5.74, 6) is 0.198. The number of carboxylic acid groups (broad SMARTS) is 1. The number of morpholine rings is 1. The summed E-state index contributed by atoms with van der Waals surface area (Å²) < 4.78 is 24.4. The van der Waals surface area contributed by atoms with Crippen molar-refractivity contribution in [3.63, 3.8) is 0 Å². The largest absolute Gasteiger partial charge is 0.491 e. The normalized spacial score (nSPS) is 28.1. The smallest absolute Gasteiger partial charge is 0.408 e. The number of hydrogen-bond acceptors (Lipinski definition) is 13. The van der Waals surface area contributed by atoms with Gasteiger partial charge < -0.3 is 44.9 Å². The van der Waals surface area contributed by atoms with Crippen LogP contribution in [0, 0.1) is 29.1 Å². The van der Waals surface area contributed by atoms with Gasteiger partial charge in [-0.05, 0) is 74.3 Å². The van der Waals surface area contributed by atoms with Crippen molar-refractivity contribution in [2.45, 2.75) is 116 Å². The molecule has 3 aliphatic carbocycles. The van der Waals surface area contributed by atoms with Crippen molar-refractivity contribution in [3.8, 4) is 22.9 Å². The third-order valence-corrected chi connectivity index (χ3v) is 14.9. The van der Waals surface area contributed by atoms with E-state index in [1.807, 2.05) is 53.0 Å². The zero-order valence-electron chi connectivity index (χ0n) is 37.8. The Labute approximate surface area is 383 Å². The number of likely N-dealkylation sites (tertiary alicyclic amines) is 1. The van der Waals surface area contributed by atoms with Gasteiger partial charge in [-0.3, -0.25) is 14.5 Å². The molecule has 4 N–H and O–H groups in total. The Morgan fingerprint density at radius 3 is 2.44 bits per heavy atom. The number of hydrogen-bond donors (Lipinski definition) is 4. The number of carbonyl (C=O) groups is 4. The van der Waals surface area contributed by atoms with Crippen LogP contribution in [-0.2, 0) is 23.9 Å². The zero-order valence-corrected chi connectivity index (χ0v) is 39.4. The first-order chi connectivity index (χ1) is 30.4. The number of fused-ring (bicyclic) bond motifs is 2. The number of pyridine rings is 1. The number of amides is 3. The minimum Gasteiger partial charge on any atom is -0.491 e. The number of rotatable bonds is 16. The Hall–Kier alpha value is -4.45. The number of thiazole rings is 1. The molecule has 5 aliphatic rings. The van der Waals surface area contributed by atoms with Crippen molar-refractivity contribution in [1.29, 1.82) is 0 Å². The monoisotopic (exact) mass is 923 g/mol. The maximum atomic E-state index is 14.9. The Morgan fingerprint density at radius 2 is 1.78 bits per heavy atom. The van der Waals surface area contributed by atoms with E-state index in [1.54, 1.807) is 12.1 Å². The molecular formula is C46H62ClN7O9S. The maximum Gasteiger partial charge on any atom is 0.408 e. The van der Waals surface area contributed by atoms with Crippen LogP contribution in [0.5, 0.6) is 11.5 Å². The predicted molar refractivity (Wildman–Crippen MR) is 243 cm³/mol. The minimum atomic E-state index is -1.42. The molecule has 3 amide bonds. The van der Waals surface area contributed by atoms with E-state index >= 15 is 0 Å². The summed E-state index contributed by atoms with van der Waals surface area (Å²) in [6, 6.07) is 3.37. The predicted octanol–water partition coefficient (Wildman–Crippen LogP) is 6.45. The average Bonchev–Trinajstić information content (AvgIpc) is 3.73. The number of ether oxygens (including phenoxy) is 4. The molecule has 2 aliphatic heterocycles. The molecule has 0 spiro atoms. The van der Waals surface area contributed by atoms with Crippen LogP contribution >= 0.6 is 22.9 Å². The molecule has 348 valence electrons. The zero-order chi connectivity index (χ0) is 45.7. The van der Waals surface area contributed by atoms with Crippen LogP contribution in [0.25, 0.3) is 22.3 Å². The fraction of sp³-hybridized carbons (Fsp3) is 0.652. The molecule has 64 heavy (non-hydrogen) atoms. The van der Waals surface area contributed by atoms with E-state index in [4.69, 9.17) is 40.5 Å². The number of nitrogens with zero attached hydrogens (tertiary/aromatic N) is 4. The van der Waals surface area contributed by atoms with Gasteiger partial charge in [0, 0.05) is 48.9 Å². The number of aromatic nitrogens is 2. The van der Waals surface area contributed by atoms with Gasteiger partial charge >= 0.3 is 12.1 Å². The fourth-order valence-corrected chi connectivity index (χ4v) is 11.0. The van der Waals surface area contributed by atoms with E-state index in [0.29, 0.717) is 95.8 Å². The molecule has 0 radical (unpaired) electrons. The van der Waals surface area contributed by atoms with E-state index in [-0.39, 0.29) is 31.0 Å². The summed E-state index contributed by atoms with van der Waals surface area (Å²) >= 11 is 8.56. The summed E-state index contributed by atoms with van der Waals surface area (Å²) in [5.41, 5.74) is -0.692. The van der Waals surface area contributed by atoms with E-state index in [2.05, 4.69) is 27.8 Å². The summed E-state index contributed by atoms with van der Waals surface area (Å²) in [6.45, 7) is 17.8. The van der Waals surface area contributed by atoms with Gasteiger partial charge in [0.25, 0.3) is 0 Å². The van der Waals surface area contributed by atoms with E-state index < -0.39 is 53.0 Å². The number of nitrogens with one attached hydrogen (secondary N) is 3. The van der Waals surface area contributed by atoms with Gasteiger partial charge in [-0.15, -0.1) is 11.3 Å². The number of carboxylic acids is 1. The van der Waals surface area contributed by atoms with Crippen LogP contribution in [0.15, 0.2) is 23.6 Å². The lowest BCUT2D eigenvalue weighted by Crippen LogP contribution is -2.59. The van der Waals surface area contributed by atoms with Gasteiger partial charge in [-0.25, -0.2) is 19.6 Å². The molecule has 18 heteroatoms. The van der Waals surface area contributed by atoms with Crippen molar-refractivity contribution in [3.05, 3.63) is 28.6 Å². The number of aliphatic carboxylic acids is 1. The molecule has 3 saturated carbocycles. The highest BCUT2D eigenvalue weighted by Gasteiger charge is 2.62. The second-order valence-electron chi connectivity index (χ2n) is 19.6. The van der Waals surface area contributed by atoms with Crippen molar-refractivity contribution >= 4 is 62.8 Å². The van der Waals surface area contributed by atoms with Crippen molar-refractivity contribution in [2.24, 2.45) is 29.1 Å². The van der Waals surface area contributed by atoms with Gasteiger partial charge in [-0.1, -0.05) is 52.6 Å². The van der Waals surface area contributed by atoms with Gasteiger partial charge in [0.15, 0.2) is 5.13 Å². The minimum absolute atomic E-state index is 0.0316. The highest BCUT2D eigenvalue weighted by molar-refractivity contribution is 7.14. The molecule has 4 heterocycles. The Balaban J connectivity index is 1.09. The number of carbonyl (C=O) groups excluding carboxylic acids is 3. The van der Waals surface area contributed by atoms with Gasteiger partial charge in [0.2, 0.25) is 11.8 Å². The van der Waals surface area contributed by atoms with Crippen LogP contribution in [0.1, 0.15) is 80.6 Å². The first-order valence-electron chi connectivity index (χ1n) is 22.7. The Kier molecular flexibility index (Phi) is 13.3. The topological polar surface area (TPSA) is 194 Å². The molecule has 2 unspecified atom stereocenters. The molecule has 3 aromatic rings. The van der Waals surface area contributed by atoms with Crippen molar-refractivity contribution in [2.75, 3.05) is 51.3 Å². The number of anilines is 1. The van der Waals surface area contributed by atoms with Crippen LogP contribution in [0.2, 0.25) is 5.02 Å². The van der Waals surface area contributed by atoms with E-state index in [0.717, 1.165) is 31.1 Å². The van der Waals surface area contributed by atoms with Crippen LogP contribution in [0.3, 0.4) is 0 Å². The lowest BCUT2D eigenvalue weighted by molar-refractivity contribution is -0.146. The standard InChI is InChI=1S/C46H62ClN7O9S/c1-8-26-21-46(26,42(57)58)52-40(55)34-19-28(22-54(34)41(56)39(45(5,6)7)51-44(59)63-27-17-30-25(4)31(30)18-27)62-36-20-32(33-23-64-43(50-33)48-24(2)3)49-38-29(36)9-10-35(37(38)47)61-16-13-53-11-14-60-15-12-53/h9-10,20,23-28,30-31,34,39H,8,11-19,21-22H2,1-7H3,(H,48,50)(H,51,59)(H,52,55)(H,57,58)/t25?,26-,27?,28-,30?,31?,34+,39-,46-/m1/s1. The van der Waals surface area contributed by atoms with Crippen LogP contribution in [-0.4, -0.2) is 131 Å². The molecule has 5 fully saturated rings.